The molecular weight excluding hydrogens is 232 g/mol. The van der Waals surface area contributed by atoms with Crippen molar-refractivity contribution in [3.8, 4) is 0 Å². The minimum Gasteiger partial charge on any atom is -0.383 e. The molecule has 0 aromatic carbocycles. The van der Waals surface area contributed by atoms with Gasteiger partial charge < -0.3 is 10.5 Å². The van der Waals surface area contributed by atoms with Gasteiger partial charge in [0.2, 0.25) is 0 Å². The normalized spacial score (nSPS) is 13.2. The van der Waals surface area contributed by atoms with E-state index in [-0.39, 0.29) is 0 Å². The van der Waals surface area contributed by atoms with Crippen molar-refractivity contribution in [3.05, 3.63) is 21.3 Å². The van der Waals surface area contributed by atoms with E-state index in [0.717, 1.165) is 22.4 Å². The van der Waals surface area contributed by atoms with E-state index in [1.807, 2.05) is 19.9 Å². The fourth-order valence-electron chi connectivity index (χ4n) is 0.562. The minimum absolute atomic E-state index is 0.539. The molecule has 1 aromatic heterocycles. The van der Waals surface area contributed by atoms with Gasteiger partial charge in [-0.2, -0.15) is 0 Å². The predicted octanol–water partition coefficient (Wildman–Crippen LogP) is 2.78. The lowest BCUT2D eigenvalue weighted by atomic mass is 10.4. The second kappa shape index (κ2) is 8.71. The van der Waals surface area contributed by atoms with Gasteiger partial charge in [0, 0.05) is 7.05 Å². The fraction of sp³-hybridized carbons (Fsp3) is 0.500. The number of ether oxygens (including phenoxy) is 1. The summed E-state index contributed by atoms with van der Waals surface area (Å²) in [6.07, 6.45) is 0. The summed E-state index contributed by atoms with van der Waals surface area (Å²) >= 11 is 7.10. The molecule has 2 N–H and O–H groups in total. The molecule has 1 aliphatic rings. The maximum atomic E-state index is 5.67. The predicted molar refractivity (Wildman–Crippen MR) is 68.1 cm³/mol. The van der Waals surface area contributed by atoms with Gasteiger partial charge in [-0.25, -0.2) is 0 Å². The second-order valence-corrected chi connectivity index (χ2v) is 4.04. The average Bonchev–Trinajstić information content (AvgIpc) is 3.10. The molecule has 1 fully saturated rings. The molecule has 0 radical (unpaired) electrons. The lowest BCUT2D eigenvalue weighted by Gasteiger charge is -1.89. The quantitative estimate of drug-likeness (QED) is 0.472. The van der Waals surface area contributed by atoms with Crippen LogP contribution in [-0.2, 0) is 4.74 Å². The standard InChI is InChI=1S/C6H7ClN2S.C2H4O.C2H6/c1-9-6(8)4-2-3-5(7)10-4;1-2-3-1;1-2/h2-3H,1H3,(H2,8,9);1-2H2;1-2H3. The summed E-state index contributed by atoms with van der Waals surface area (Å²) in [4.78, 5) is 4.74. The summed E-state index contributed by atoms with van der Waals surface area (Å²) in [6, 6.07) is 3.66. The van der Waals surface area contributed by atoms with Crippen LogP contribution < -0.4 is 5.73 Å². The molecule has 0 saturated carbocycles. The van der Waals surface area contributed by atoms with Crippen LogP contribution in [0, 0.1) is 0 Å². The molecule has 1 aliphatic heterocycles. The molecule has 2 rings (SSSR count). The highest BCUT2D eigenvalue weighted by Crippen LogP contribution is 2.20. The summed E-state index contributed by atoms with van der Waals surface area (Å²) < 4.78 is 5.24. The Kier molecular flexibility index (Phi) is 8.37. The van der Waals surface area contributed by atoms with Crippen molar-refractivity contribution in [1.29, 1.82) is 0 Å². The first kappa shape index (κ1) is 14.4. The number of amidine groups is 1. The van der Waals surface area contributed by atoms with E-state index >= 15 is 0 Å². The van der Waals surface area contributed by atoms with Crippen LogP contribution in [0.5, 0.6) is 0 Å². The van der Waals surface area contributed by atoms with Crippen LogP contribution in [0.4, 0.5) is 0 Å². The minimum atomic E-state index is 0.539. The van der Waals surface area contributed by atoms with Gasteiger partial charge in [-0.1, -0.05) is 25.4 Å². The Bertz CT molecular complexity index is 295. The van der Waals surface area contributed by atoms with E-state index in [4.69, 9.17) is 17.3 Å². The van der Waals surface area contributed by atoms with Gasteiger partial charge in [-0.05, 0) is 12.1 Å². The Morgan fingerprint density at radius 1 is 1.47 bits per heavy atom. The zero-order valence-electron chi connectivity index (χ0n) is 9.29. The molecule has 0 amide bonds. The van der Waals surface area contributed by atoms with Crippen LogP contribution in [0.3, 0.4) is 0 Å². The van der Waals surface area contributed by atoms with Gasteiger partial charge >= 0.3 is 0 Å². The highest BCUT2D eigenvalue weighted by atomic mass is 35.5. The molecule has 2 heterocycles. The molecule has 0 atom stereocenters. The van der Waals surface area contributed by atoms with E-state index in [2.05, 4.69) is 9.73 Å². The van der Waals surface area contributed by atoms with Crippen LogP contribution in [0.2, 0.25) is 4.34 Å². The molecule has 5 heteroatoms. The molecule has 15 heavy (non-hydrogen) atoms. The Balaban J connectivity index is 0.000000326. The molecular formula is C10H17ClN2OS. The maximum absolute atomic E-state index is 5.67. The number of nitrogens with zero attached hydrogens (tertiary/aromatic N) is 1. The van der Waals surface area contributed by atoms with E-state index in [0.29, 0.717) is 5.84 Å². The summed E-state index contributed by atoms with van der Waals surface area (Å²) in [6.45, 7) is 6.00. The van der Waals surface area contributed by atoms with Gasteiger partial charge in [0.25, 0.3) is 0 Å². The van der Waals surface area contributed by atoms with Crippen LogP contribution >= 0.6 is 22.9 Å². The van der Waals surface area contributed by atoms with Crippen molar-refractivity contribution in [3.63, 3.8) is 0 Å². The molecule has 1 saturated heterocycles. The molecule has 0 bridgehead atoms. The SMILES string of the molecule is C1CO1.CC.CN=C(N)c1ccc(Cl)s1. The monoisotopic (exact) mass is 248 g/mol. The van der Waals surface area contributed by atoms with E-state index in [9.17, 15) is 0 Å². The van der Waals surface area contributed by atoms with Gasteiger partial charge in [0.05, 0.1) is 22.4 Å². The van der Waals surface area contributed by atoms with Crippen molar-refractivity contribution in [2.24, 2.45) is 10.7 Å². The number of thiophene rings is 1. The summed E-state index contributed by atoms with van der Waals surface area (Å²) in [7, 11) is 1.66. The van der Waals surface area contributed by atoms with Crippen LogP contribution in [-0.4, -0.2) is 26.1 Å². The molecule has 0 aliphatic carbocycles. The number of halogens is 1. The molecule has 86 valence electrons. The molecule has 0 unspecified atom stereocenters. The van der Waals surface area contributed by atoms with Crippen LogP contribution in [0.15, 0.2) is 17.1 Å². The van der Waals surface area contributed by atoms with Crippen molar-refractivity contribution in [1.82, 2.24) is 0 Å². The topological polar surface area (TPSA) is 50.9 Å². The highest BCUT2D eigenvalue weighted by Gasteiger charge is 1.99. The van der Waals surface area contributed by atoms with E-state index in [1.54, 1.807) is 13.1 Å². The third-order valence-electron chi connectivity index (χ3n) is 1.27. The number of rotatable bonds is 1. The Labute approximate surface area is 99.9 Å². The third kappa shape index (κ3) is 7.36. The van der Waals surface area contributed by atoms with Gasteiger partial charge in [0.1, 0.15) is 5.84 Å². The van der Waals surface area contributed by atoms with Crippen LogP contribution in [0.1, 0.15) is 18.7 Å². The van der Waals surface area contributed by atoms with Crippen molar-refractivity contribution in [2.75, 3.05) is 20.3 Å². The van der Waals surface area contributed by atoms with Crippen molar-refractivity contribution in [2.45, 2.75) is 13.8 Å². The Hall–Kier alpha value is -0.580. The Morgan fingerprint density at radius 3 is 2.27 bits per heavy atom. The first-order valence-electron chi connectivity index (χ1n) is 4.79. The fourth-order valence-corrected chi connectivity index (χ4v) is 1.55. The number of hydrogen-bond acceptors (Lipinski definition) is 3. The third-order valence-corrected chi connectivity index (χ3v) is 2.52. The van der Waals surface area contributed by atoms with Crippen molar-refractivity contribution >= 4 is 28.8 Å². The maximum Gasteiger partial charge on any atom is 0.135 e. The molecule has 3 nitrogen and oxygen atoms in total. The van der Waals surface area contributed by atoms with Crippen molar-refractivity contribution < 1.29 is 4.74 Å². The summed E-state index contributed by atoms with van der Waals surface area (Å²) in [5.41, 5.74) is 5.51. The molecule has 0 spiro atoms. The number of aliphatic imine (C=N–C) groups is 1. The van der Waals surface area contributed by atoms with Gasteiger partial charge in [0.15, 0.2) is 0 Å². The lowest BCUT2D eigenvalue weighted by molar-refractivity contribution is 0.475. The van der Waals surface area contributed by atoms with Gasteiger partial charge in [-0.3, -0.25) is 4.99 Å². The van der Waals surface area contributed by atoms with E-state index in [1.165, 1.54) is 11.3 Å². The summed E-state index contributed by atoms with van der Waals surface area (Å²) in [5, 5.41) is 0. The zero-order chi connectivity index (χ0) is 11.7. The first-order valence-corrected chi connectivity index (χ1v) is 5.99. The zero-order valence-corrected chi connectivity index (χ0v) is 10.9. The smallest absolute Gasteiger partial charge is 0.135 e. The number of hydrogen-bond donors (Lipinski definition) is 1. The Morgan fingerprint density at radius 2 is 2.00 bits per heavy atom. The second-order valence-electron chi connectivity index (χ2n) is 2.32. The number of epoxide rings is 1. The van der Waals surface area contributed by atoms with Gasteiger partial charge in [-0.15, -0.1) is 11.3 Å². The lowest BCUT2D eigenvalue weighted by Crippen LogP contribution is -2.10. The molecule has 1 aromatic rings. The van der Waals surface area contributed by atoms with Crippen LogP contribution in [0.25, 0.3) is 0 Å². The first-order chi connectivity index (χ1) is 7.24. The van der Waals surface area contributed by atoms with E-state index < -0.39 is 0 Å². The largest absolute Gasteiger partial charge is 0.383 e. The number of nitrogens with two attached hydrogens (primary N) is 1. The average molecular weight is 249 g/mol. The highest BCUT2D eigenvalue weighted by molar-refractivity contribution is 7.18. The summed E-state index contributed by atoms with van der Waals surface area (Å²) in [5.74, 6) is 0.539.